The first-order chi connectivity index (χ1) is 17.1. The molecule has 6 heteroatoms. The van der Waals surface area contributed by atoms with Crippen molar-refractivity contribution in [2.75, 3.05) is 0 Å². The fourth-order valence-corrected chi connectivity index (χ4v) is 5.99. The maximum Gasteiger partial charge on any atom is 0.303 e. The zero-order valence-electron chi connectivity index (χ0n) is 20.4. The molecule has 0 unspecified atom stereocenters. The summed E-state index contributed by atoms with van der Waals surface area (Å²) in [7, 11) is 0. The molecule has 1 heterocycles. The van der Waals surface area contributed by atoms with Gasteiger partial charge in [0.1, 0.15) is 5.82 Å². The molecule has 2 N–H and O–H groups in total. The van der Waals surface area contributed by atoms with Crippen molar-refractivity contribution in [3.05, 3.63) is 95.9 Å². The third kappa shape index (κ3) is 4.63. The summed E-state index contributed by atoms with van der Waals surface area (Å²) in [6, 6.07) is 22.9. The zero-order chi connectivity index (χ0) is 25.5. The van der Waals surface area contributed by atoms with E-state index in [1.54, 1.807) is 6.07 Å². The van der Waals surface area contributed by atoms with E-state index in [0.717, 1.165) is 16.7 Å². The molecule has 1 fully saturated rings. The van der Waals surface area contributed by atoms with Gasteiger partial charge in [-0.05, 0) is 60.1 Å². The van der Waals surface area contributed by atoms with Crippen molar-refractivity contribution in [2.24, 2.45) is 5.41 Å². The highest BCUT2D eigenvalue weighted by molar-refractivity contribution is 6.06. The Labute approximate surface area is 209 Å². The second kappa shape index (κ2) is 8.94. The number of benzene rings is 3. The average molecular weight is 485 g/mol. The maximum absolute atomic E-state index is 14.7. The molecular formula is C30H29FN2O3. The number of aliphatic carboxylic acids is 1. The molecule has 1 saturated carbocycles. The average Bonchev–Trinajstić information content (AvgIpc) is 3.23. The van der Waals surface area contributed by atoms with E-state index in [-0.39, 0.29) is 23.6 Å². The minimum atomic E-state index is -0.833. The molecule has 1 amide bonds. The minimum absolute atomic E-state index is 0.0746. The van der Waals surface area contributed by atoms with Gasteiger partial charge in [0, 0.05) is 23.7 Å². The molecule has 1 aromatic heterocycles. The van der Waals surface area contributed by atoms with Crippen molar-refractivity contribution in [1.29, 1.82) is 0 Å². The van der Waals surface area contributed by atoms with Gasteiger partial charge in [0.25, 0.3) is 5.91 Å². The van der Waals surface area contributed by atoms with Gasteiger partial charge >= 0.3 is 5.97 Å². The molecule has 5 rings (SSSR count). The lowest BCUT2D eigenvalue weighted by Gasteiger charge is -2.52. The summed E-state index contributed by atoms with van der Waals surface area (Å²) in [6.45, 7) is 4.36. The SMILES string of the molecule is CC1(CC(=O)O)CC(C)(NC(=O)c2ccc(F)c3ccn(Cc4ccc(-c5ccccc5)cc4)c23)C1. The van der Waals surface area contributed by atoms with Crippen LogP contribution in [0, 0.1) is 11.2 Å². The fraction of sp³-hybridized carbons (Fsp3) is 0.267. The molecule has 0 spiro atoms. The molecule has 1 aliphatic rings. The number of carbonyl (C=O) groups is 2. The van der Waals surface area contributed by atoms with Gasteiger partial charge in [-0.1, -0.05) is 61.5 Å². The summed E-state index contributed by atoms with van der Waals surface area (Å²) >= 11 is 0. The van der Waals surface area contributed by atoms with Crippen molar-refractivity contribution in [3.8, 4) is 11.1 Å². The Morgan fingerprint density at radius 2 is 1.61 bits per heavy atom. The molecular weight excluding hydrogens is 455 g/mol. The van der Waals surface area contributed by atoms with Crippen LogP contribution in [0.5, 0.6) is 0 Å². The van der Waals surface area contributed by atoms with Crippen molar-refractivity contribution in [2.45, 2.75) is 45.2 Å². The Bertz CT molecular complexity index is 1430. The normalized spacial score (nSPS) is 21.2. The zero-order valence-corrected chi connectivity index (χ0v) is 20.4. The van der Waals surface area contributed by atoms with E-state index < -0.39 is 11.5 Å². The second-order valence-corrected chi connectivity index (χ2v) is 10.6. The molecule has 36 heavy (non-hydrogen) atoms. The predicted molar refractivity (Wildman–Crippen MR) is 138 cm³/mol. The quantitative estimate of drug-likeness (QED) is 0.325. The first-order valence-electron chi connectivity index (χ1n) is 12.1. The van der Waals surface area contributed by atoms with Gasteiger partial charge in [-0.3, -0.25) is 9.59 Å². The van der Waals surface area contributed by atoms with Crippen molar-refractivity contribution >= 4 is 22.8 Å². The van der Waals surface area contributed by atoms with Crippen LogP contribution in [-0.2, 0) is 11.3 Å². The molecule has 5 nitrogen and oxygen atoms in total. The number of nitrogens with zero attached hydrogens (tertiary/aromatic N) is 1. The highest BCUT2D eigenvalue weighted by atomic mass is 19.1. The van der Waals surface area contributed by atoms with E-state index in [2.05, 4.69) is 29.6 Å². The minimum Gasteiger partial charge on any atom is -0.481 e. The van der Waals surface area contributed by atoms with Gasteiger partial charge < -0.3 is 15.0 Å². The summed E-state index contributed by atoms with van der Waals surface area (Å²) in [5, 5.41) is 12.7. The largest absolute Gasteiger partial charge is 0.481 e. The number of halogens is 1. The number of aromatic nitrogens is 1. The van der Waals surface area contributed by atoms with Crippen LogP contribution in [0.3, 0.4) is 0 Å². The van der Waals surface area contributed by atoms with Gasteiger partial charge in [-0.2, -0.15) is 0 Å². The molecule has 0 atom stereocenters. The Hall–Kier alpha value is -3.93. The Kier molecular flexibility index (Phi) is 5.91. The Balaban J connectivity index is 1.39. The fourth-order valence-electron chi connectivity index (χ4n) is 5.99. The number of hydrogen-bond acceptors (Lipinski definition) is 2. The molecule has 184 valence electrons. The number of fused-ring (bicyclic) bond motifs is 1. The molecule has 0 saturated heterocycles. The van der Waals surface area contributed by atoms with Crippen LogP contribution >= 0.6 is 0 Å². The second-order valence-electron chi connectivity index (χ2n) is 10.6. The number of carboxylic acid groups (broad SMARTS) is 1. The summed E-state index contributed by atoms with van der Waals surface area (Å²) in [5.74, 6) is -1.48. The lowest BCUT2D eigenvalue weighted by Crippen LogP contribution is -2.59. The Morgan fingerprint density at radius 1 is 0.944 bits per heavy atom. The molecule has 0 bridgehead atoms. The van der Waals surface area contributed by atoms with Crippen molar-refractivity contribution < 1.29 is 19.1 Å². The van der Waals surface area contributed by atoms with Crippen LogP contribution in [0.2, 0.25) is 0 Å². The summed E-state index contributed by atoms with van der Waals surface area (Å²) in [6.07, 6.45) is 3.05. The molecule has 1 aliphatic carbocycles. The number of nitrogens with one attached hydrogen (secondary N) is 1. The van der Waals surface area contributed by atoms with E-state index in [9.17, 15) is 14.0 Å². The van der Waals surface area contributed by atoms with Crippen LogP contribution < -0.4 is 5.32 Å². The van der Waals surface area contributed by atoms with E-state index >= 15 is 0 Å². The van der Waals surface area contributed by atoms with Crippen molar-refractivity contribution in [3.63, 3.8) is 0 Å². The molecule has 3 aromatic carbocycles. The monoisotopic (exact) mass is 484 g/mol. The van der Waals surface area contributed by atoms with Gasteiger partial charge in [-0.25, -0.2) is 4.39 Å². The van der Waals surface area contributed by atoms with E-state index in [1.807, 2.05) is 54.9 Å². The summed E-state index contributed by atoms with van der Waals surface area (Å²) in [5.41, 5.74) is 3.43. The topological polar surface area (TPSA) is 71.3 Å². The number of amides is 1. The highest BCUT2D eigenvalue weighted by Crippen LogP contribution is 2.50. The van der Waals surface area contributed by atoms with Gasteiger partial charge in [0.2, 0.25) is 0 Å². The van der Waals surface area contributed by atoms with Crippen LogP contribution in [0.4, 0.5) is 4.39 Å². The summed E-state index contributed by atoms with van der Waals surface area (Å²) in [4.78, 5) is 24.5. The van der Waals surface area contributed by atoms with Gasteiger partial charge in [0.15, 0.2) is 0 Å². The van der Waals surface area contributed by atoms with Crippen LogP contribution in [0.25, 0.3) is 22.0 Å². The summed E-state index contributed by atoms with van der Waals surface area (Å²) < 4.78 is 16.6. The van der Waals surface area contributed by atoms with E-state index in [1.165, 1.54) is 12.1 Å². The number of carbonyl (C=O) groups excluding carboxylic acids is 1. The number of rotatable bonds is 7. The lowest BCUT2D eigenvalue weighted by molar-refractivity contribution is -0.142. The van der Waals surface area contributed by atoms with Crippen LogP contribution in [0.15, 0.2) is 79.0 Å². The number of hydrogen-bond donors (Lipinski definition) is 2. The standard InChI is InChI=1S/C30H29FN2O3/c1-29(16-26(34)35)18-30(2,19-29)32-28(36)24-12-13-25(31)23-14-15-33(27(23)24)17-20-8-10-22(11-9-20)21-6-4-3-5-7-21/h3-15H,16-19H2,1-2H3,(H,32,36)(H,34,35). The molecule has 4 aromatic rings. The smallest absolute Gasteiger partial charge is 0.303 e. The molecule has 0 radical (unpaired) electrons. The van der Waals surface area contributed by atoms with Crippen LogP contribution in [-0.4, -0.2) is 27.1 Å². The number of carboxylic acids is 1. The van der Waals surface area contributed by atoms with Crippen molar-refractivity contribution in [1.82, 2.24) is 9.88 Å². The third-order valence-electron chi connectivity index (χ3n) is 7.16. The third-order valence-corrected chi connectivity index (χ3v) is 7.16. The van der Waals surface area contributed by atoms with Crippen LogP contribution in [0.1, 0.15) is 49.0 Å². The van der Waals surface area contributed by atoms with Gasteiger partial charge in [-0.15, -0.1) is 0 Å². The lowest BCUT2D eigenvalue weighted by atomic mass is 9.57. The maximum atomic E-state index is 14.7. The van der Waals surface area contributed by atoms with E-state index in [0.29, 0.717) is 35.9 Å². The first kappa shape index (κ1) is 23.8. The Morgan fingerprint density at radius 3 is 2.28 bits per heavy atom. The highest BCUT2D eigenvalue weighted by Gasteiger charge is 2.50. The van der Waals surface area contributed by atoms with Gasteiger partial charge in [0.05, 0.1) is 17.5 Å². The molecule has 0 aliphatic heterocycles. The first-order valence-corrected chi connectivity index (χ1v) is 12.1. The van der Waals surface area contributed by atoms with E-state index in [4.69, 9.17) is 5.11 Å². The predicted octanol–water partition coefficient (Wildman–Crippen LogP) is 6.26.